The second-order valence-corrected chi connectivity index (χ2v) is 5.50. The van der Waals surface area contributed by atoms with Gasteiger partial charge in [0, 0.05) is 19.6 Å². The molecule has 1 aliphatic heterocycles. The first kappa shape index (κ1) is 17.6. The number of hydrogen-bond donors (Lipinski definition) is 1. The molecule has 1 aromatic rings. The van der Waals surface area contributed by atoms with E-state index in [2.05, 4.69) is 30.4 Å². The lowest BCUT2D eigenvalue weighted by Crippen LogP contribution is -2.30. The van der Waals surface area contributed by atoms with Gasteiger partial charge in [-0.25, -0.2) is 0 Å². The van der Waals surface area contributed by atoms with Gasteiger partial charge in [0.2, 0.25) is 0 Å². The van der Waals surface area contributed by atoms with Crippen LogP contribution >= 0.6 is 0 Å². The van der Waals surface area contributed by atoms with E-state index < -0.39 is 0 Å². The summed E-state index contributed by atoms with van der Waals surface area (Å²) in [6.07, 6.45) is 4.82. The van der Waals surface area contributed by atoms with Gasteiger partial charge < -0.3 is 24.3 Å². The third-order valence-electron chi connectivity index (χ3n) is 4.01. The monoisotopic (exact) mass is 321 g/mol. The smallest absolute Gasteiger partial charge is 0.188 e. The highest BCUT2D eigenvalue weighted by atomic mass is 16.7. The van der Waals surface area contributed by atoms with Crippen molar-refractivity contribution in [1.82, 2.24) is 5.32 Å². The van der Waals surface area contributed by atoms with E-state index in [9.17, 15) is 0 Å². The van der Waals surface area contributed by atoms with E-state index in [1.807, 2.05) is 0 Å². The largest absolute Gasteiger partial charge is 0.493 e. The standard InChI is InChI=1S/C18H27NO4/c1-5-6-14(23-12-20-2)10-16-15-11-18(22-4)17(21-3)9-13(15)7-8-19-16/h6,9,11,16,19H,5,7-8,10,12H2,1-4H3/b14-6-/t16-/m0/s1. The van der Waals surface area contributed by atoms with E-state index in [0.717, 1.165) is 43.1 Å². The van der Waals surface area contributed by atoms with Crippen LogP contribution in [0.15, 0.2) is 24.0 Å². The van der Waals surface area contributed by atoms with Crippen LogP contribution in [0.4, 0.5) is 0 Å². The molecule has 1 aromatic carbocycles. The highest BCUT2D eigenvalue weighted by molar-refractivity contribution is 5.49. The molecule has 1 aliphatic rings. The summed E-state index contributed by atoms with van der Waals surface area (Å²) >= 11 is 0. The normalized spacial score (nSPS) is 17.6. The molecule has 5 heteroatoms. The highest BCUT2D eigenvalue weighted by Crippen LogP contribution is 2.37. The number of hydrogen-bond acceptors (Lipinski definition) is 5. The molecule has 1 atom stereocenters. The number of methoxy groups -OCH3 is 3. The molecule has 0 spiro atoms. The van der Waals surface area contributed by atoms with Gasteiger partial charge in [0.1, 0.15) is 0 Å². The van der Waals surface area contributed by atoms with Gasteiger partial charge in [-0.05, 0) is 48.7 Å². The fourth-order valence-electron chi connectivity index (χ4n) is 2.92. The number of allylic oxidation sites excluding steroid dienone is 1. The molecular formula is C18H27NO4. The molecule has 128 valence electrons. The molecule has 0 bridgehead atoms. The van der Waals surface area contributed by atoms with Crippen molar-refractivity contribution in [2.75, 3.05) is 34.7 Å². The topological polar surface area (TPSA) is 49.0 Å². The van der Waals surface area contributed by atoms with Crippen molar-refractivity contribution in [3.8, 4) is 11.5 Å². The zero-order chi connectivity index (χ0) is 16.7. The minimum atomic E-state index is 0.202. The molecule has 0 saturated carbocycles. The maximum absolute atomic E-state index is 5.69. The summed E-state index contributed by atoms with van der Waals surface area (Å²) in [4.78, 5) is 0. The minimum Gasteiger partial charge on any atom is -0.493 e. The van der Waals surface area contributed by atoms with Crippen molar-refractivity contribution in [2.45, 2.75) is 32.2 Å². The molecule has 0 unspecified atom stereocenters. The van der Waals surface area contributed by atoms with Crippen molar-refractivity contribution >= 4 is 0 Å². The van der Waals surface area contributed by atoms with Crippen molar-refractivity contribution in [1.29, 1.82) is 0 Å². The number of ether oxygens (including phenoxy) is 4. The Hall–Kier alpha value is -1.72. The fourth-order valence-corrected chi connectivity index (χ4v) is 2.92. The zero-order valence-electron chi connectivity index (χ0n) is 14.5. The maximum atomic E-state index is 5.69. The summed E-state index contributed by atoms with van der Waals surface area (Å²) in [7, 11) is 4.97. The second kappa shape index (κ2) is 8.79. The summed E-state index contributed by atoms with van der Waals surface area (Å²) in [6, 6.07) is 4.36. The van der Waals surface area contributed by atoms with Crippen molar-refractivity contribution in [3.63, 3.8) is 0 Å². The van der Waals surface area contributed by atoms with Gasteiger partial charge in [0.05, 0.1) is 20.0 Å². The zero-order valence-corrected chi connectivity index (χ0v) is 14.5. The van der Waals surface area contributed by atoms with Crippen LogP contribution in [0.2, 0.25) is 0 Å². The molecule has 0 aliphatic carbocycles. The van der Waals surface area contributed by atoms with Crippen LogP contribution in [-0.2, 0) is 15.9 Å². The molecule has 1 heterocycles. The number of benzene rings is 1. The highest BCUT2D eigenvalue weighted by Gasteiger charge is 2.23. The lowest BCUT2D eigenvalue weighted by atomic mass is 9.91. The molecule has 0 fully saturated rings. The third-order valence-corrected chi connectivity index (χ3v) is 4.01. The van der Waals surface area contributed by atoms with Gasteiger partial charge in [0.25, 0.3) is 0 Å². The van der Waals surface area contributed by atoms with Crippen molar-refractivity contribution < 1.29 is 18.9 Å². The Labute approximate surface area is 138 Å². The van der Waals surface area contributed by atoms with E-state index in [4.69, 9.17) is 18.9 Å². The molecule has 1 N–H and O–H groups in total. The van der Waals surface area contributed by atoms with Crippen LogP contribution in [-0.4, -0.2) is 34.7 Å². The molecule has 0 saturated heterocycles. The molecule has 0 aromatic heterocycles. The van der Waals surface area contributed by atoms with Crippen LogP contribution in [0.1, 0.15) is 36.9 Å². The van der Waals surface area contributed by atoms with E-state index >= 15 is 0 Å². The Kier molecular flexibility index (Phi) is 6.74. The number of fused-ring (bicyclic) bond motifs is 1. The maximum Gasteiger partial charge on any atom is 0.188 e. The fraction of sp³-hybridized carbons (Fsp3) is 0.556. The molecule has 23 heavy (non-hydrogen) atoms. The van der Waals surface area contributed by atoms with Gasteiger partial charge >= 0.3 is 0 Å². The predicted octanol–water partition coefficient (Wildman–Crippen LogP) is 3.20. The quantitative estimate of drug-likeness (QED) is 0.588. The van der Waals surface area contributed by atoms with Crippen LogP contribution in [0.5, 0.6) is 11.5 Å². The summed E-state index contributed by atoms with van der Waals surface area (Å²) in [6.45, 7) is 3.32. The van der Waals surface area contributed by atoms with Crippen LogP contribution in [0.25, 0.3) is 0 Å². The van der Waals surface area contributed by atoms with Crippen LogP contribution < -0.4 is 14.8 Å². The first-order valence-electron chi connectivity index (χ1n) is 8.02. The third kappa shape index (κ3) is 4.39. The lowest BCUT2D eigenvalue weighted by molar-refractivity contribution is 0.000612. The Morgan fingerprint density at radius 3 is 2.61 bits per heavy atom. The Morgan fingerprint density at radius 2 is 1.96 bits per heavy atom. The van der Waals surface area contributed by atoms with E-state index in [1.165, 1.54) is 11.1 Å². The van der Waals surface area contributed by atoms with Gasteiger partial charge in [-0.2, -0.15) is 0 Å². The van der Waals surface area contributed by atoms with Crippen molar-refractivity contribution in [2.24, 2.45) is 0 Å². The average Bonchev–Trinajstić information content (AvgIpc) is 2.58. The second-order valence-electron chi connectivity index (χ2n) is 5.50. The van der Waals surface area contributed by atoms with Gasteiger partial charge in [0.15, 0.2) is 18.3 Å². The average molecular weight is 321 g/mol. The first-order valence-corrected chi connectivity index (χ1v) is 8.02. The van der Waals surface area contributed by atoms with E-state index in [0.29, 0.717) is 0 Å². The SMILES string of the molecule is CC/C=C(/C[C@@H]1NCCc2cc(OC)c(OC)cc21)OCOC. The summed E-state index contributed by atoms with van der Waals surface area (Å²) in [5, 5.41) is 3.57. The summed E-state index contributed by atoms with van der Waals surface area (Å²) in [5.41, 5.74) is 2.55. The molecule has 2 rings (SSSR count). The van der Waals surface area contributed by atoms with Crippen LogP contribution in [0.3, 0.4) is 0 Å². The Balaban J connectivity index is 2.24. The summed E-state index contributed by atoms with van der Waals surface area (Å²) in [5.74, 6) is 2.50. The van der Waals surface area contributed by atoms with Crippen molar-refractivity contribution in [3.05, 3.63) is 35.1 Å². The number of rotatable bonds is 8. The van der Waals surface area contributed by atoms with Gasteiger partial charge in [-0.15, -0.1) is 0 Å². The molecular weight excluding hydrogens is 294 g/mol. The summed E-state index contributed by atoms with van der Waals surface area (Å²) < 4.78 is 21.6. The van der Waals surface area contributed by atoms with Gasteiger partial charge in [-0.3, -0.25) is 0 Å². The molecule has 0 radical (unpaired) electrons. The lowest BCUT2D eigenvalue weighted by Gasteiger charge is -2.29. The molecule has 5 nitrogen and oxygen atoms in total. The van der Waals surface area contributed by atoms with Crippen LogP contribution in [0, 0.1) is 0 Å². The Morgan fingerprint density at radius 1 is 1.22 bits per heavy atom. The minimum absolute atomic E-state index is 0.202. The molecule has 0 amide bonds. The van der Waals surface area contributed by atoms with E-state index in [-0.39, 0.29) is 12.8 Å². The first-order chi connectivity index (χ1) is 11.2. The van der Waals surface area contributed by atoms with E-state index in [1.54, 1.807) is 21.3 Å². The Bertz CT molecular complexity index is 542. The number of nitrogens with one attached hydrogen (secondary N) is 1. The predicted molar refractivity (Wildman–Crippen MR) is 89.9 cm³/mol. The van der Waals surface area contributed by atoms with Gasteiger partial charge in [-0.1, -0.05) is 6.92 Å².